The van der Waals surface area contributed by atoms with E-state index in [1.165, 1.54) is 17.7 Å². The van der Waals surface area contributed by atoms with E-state index in [1.54, 1.807) is 12.1 Å². The highest BCUT2D eigenvalue weighted by Crippen LogP contribution is 2.20. The van der Waals surface area contributed by atoms with Crippen LogP contribution in [0, 0.1) is 11.7 Å². The number of benzene rings is 2. The van der Waals surface area contributed by atoms with Crippen molar-refractivity contribution in [3.05, 3.63) is 89.4 Å². The molecule has 1 atom stereocenters. The first-order valence-electron chi connectivity index (χ1n) is 8.13. The molecule has 3 rings (SSSR count). The third-order valence-electron chi connectivity index (χ3n) is 4.08. The summed E-state index contributed by atoms with van der Waals surface area (Å²) in [4.78, 5) is 0. The van der Waals surface area contributed by atoms with Gasteiger partial charge in [-0.1, -0.05) is 42.5 Å². The van der Waals surface area contributed by atoms with Crippen molar-refractivity contribution in [1.29, 1.82) is 0 Å². The van der Waals surface area contributed by atoms with E-state index in [2.05, 4.69) is 47.5 Å². The van der Waals surface area contributed by atoms with Crippen LogP contribution in [0.3, 0.4) is 0 Å². The first-order valence-corrected chi connectivity index (χ1v) is 8.13. The van der Waals surface area contributed by atoms with Gasteiger partial charge in [0.2, 0.25) is 0 Å². The molecular weight excluding hydrogens is 299 g/mol. The van der Waals surface area contributed by atoms with Gasteiger partial charge in [0.1, 0.15) is 5.82 Å². The van der Waals surface area contributed by atoms with Gasteiger partial charge in [0.25, 0.3) is 0 Å². The normalized spacial score (nSPS) is 16.2. The molecule has 2 aromatic carbocycles. The Labute approximate surface area is 142 Å². The molecule has 0 aromatic heterocycles. The molecular formula is C21H21FN2. The summed E-state index contributed by atoms with van der Waals surface area (Å²) in [6, 6.07) is 14.9. The number of rotatable bonds is 6. The second kappa shape index (κ2) is 7.89. The lowest BCUT2D eigenvalue weighted by Gasteiger charge is -2.13. The first-order chi connectivity index (χ1) is 11.7. The highest BCUT2D eigenvalue weighted by Gasteiger charge is 2.05. The Kier molecular flexibility index (Phi) is 5.39. The minimum absolute atomic E-state index is 0.210. The van der Waals surface area contributed by atoms with E-state index in [1.807, 2.05) is 6.08 Å². The van der Waals surface area contributed by atoms with Crippen LogP contribution in [0.15, 0.2) is 78.1 Å². The Morgan fingerprint density at radius 2 is 1.67 bits per heavy atom. The van der Waals surface area contributed by atoms with Crippen LogP contribution in [0.1, 0.15) is 5.56 Å². The van der Waals surface area contributed by atoms with Gasteiger partial charge in [-0.15, -0.1) is 5.73 Å². The van der Waals surface area contributed by atoms with Crippen LogP contribution < -0.4 is 11.1 Å². The zero-order valence-electron chi connectivity index (χ0n) is 13.5. The fourth-order valence-electron chi connectivity index (χ4n) is 2.74. The lowest BCUT2D eigenvalue weighted by Crippen LogP contribution is -2.21. The van der Waals surface area contributed by atoms with Gasteiger partial charge in [0.15, 0.2) is 0 Å². The number of halogens is 1. The number of nitrogens with two attached hydrogens (primary N) is 1. The lowest BCUT2D eigenvalue weighted by atomic mass is 10.0. The molecule has 0 amide bonds. The summed E-state index contributed by atoms with van der Waals surface area (Å²) in [6.07, 6.45) is 6.18. The summed E-state index contributed by atoms with van der Waals surface area (Å²) in [6.45, 7) is 2.23. The van der Waals surface area contributed by atoms with Crippen LogP contribution in [-0.2, 0) is 6.54 Å². The fraction of sp³-hybridized carbons (Fsp3) is 0.190. The van der Waals surface area contributed by atoms with Crippen molar-refractivity contribution < 1.29 is 4.39 Å². The molecule has 1 aliphatic carbocycles. The molecule has 0 saturated carbocycles. The Morgan fingerprint density at radius 3 is 2.33 bits per heavy atom. The minimum Gasteiger partial charge on any atom is -0.326 e. The van der Waals surface area contributed by atoms with E-state index in [0.717, 1.165) is 29.8 Å². The van der Waals surface area contributed by atoms with Crippen molar-refractivity contribution in [3.8, 4) is 11.1 Å². The fourth-order valence-corrected chi connectivity index (χ4v) is 2.74. The van der Waals surface area contributed by atoms with E-state index in [0.29, 0.717) is 12.5 Å². The van der Waals surface area contributed by atoms with Crippen LogP contribution in [0.25, 0.3) is 11.1 Å². The molecule has 0 heterocycles. The largest absolute Gasteiger partial charge is 0.326 e. The summed E-state index contributed by atoms with van der Waals surface area (Å²) < 4.78 is 13.0. The number of nitrogens with one attached hydrogen (secondary N) is 1. The molecule has 0 saturated heterocycles. The van der Waals surface area contributed by atoms with Crippen LogP contribution in [0.4, 0.5) is 4.39 Å². The standard InChI is InChI=1S/C21H21FN2/c22-21-10-8-20(9-11-21)19-6-4-16(5-7-19)14-24-15-18-3-1-2-17(12-18)13-23/h2-12,18,24H,13-15,23H2. The molecule has 1 unspecified atom stereocenters. The monoisotopic (exact) mass is 320 g/mol. The topological polar surface area (TPSA) is 38.0 Å². The minimum atomic E-state index is -0.210. The van der Waals surface area contributed by atoms with Gasteiger partial charge in [-0.2, -0.15) is 0 Å². The second-order valence-electron chi connectivity index (χ2n) is 5.92. The van der Waals surface area contributed by atoms with E-state index in [4.69, 9.17) is 5.73 Å². The summed E-state index contributed by atoms with van der Waals surface area (Å²) in [5, 5.41) is 3.46. The highest BCUT2D eigenvalue weighted by atomic mass is 19.1. The second-order valence-corrected chi connectivity index (χ2v) is 5.92. The van der Waals surface area contributed by atoms with Gasteiger partial charge < -0.3 is 11.1 Å². The zero-order valence-corrected chi connectivity index (χ0v) is 13.5. The van der Waals surface area contributed by atoms with Gasteiger partial charge in [-0.3, -0.25) is 0 Å². The van der Waals surface area contributed by atoms with Gasteiger partial charge >= 0.3 is 0 Å². The molecule has 1 aliphatic rings. The summed E-state index contributed by atoms with van der Waals surface area (Å²) in [5.74, 6) is 0.130. The Morgan fingerprint density at radius 1 is 1.00 bits per heavy atom. The Balaban J connectivity index is 1.54. The number of hydrogen-bond acceptors (Lipinski definition) is 2. The molecule has 24 heavy (non-hydrogen) atoms. The molecule has 2 nitrogen and oxygen atoms in total. The predicted octanol–water partition coefficient (Wildman–Crippen LogP) is 3.81. The third kappa shape index (κ3) is 4.30. The van der Waals surface area contributed by atoms with E-state index in [-0.39, 0.29) is 5.82 Å². The summed E-state index contributed by atoms with van der Waals surface area (Å²) in [5.41, 5.74) is 13.3. The third-order valence-corrected chi connectivity index (χ3v) is 4.08. The highest BCUT2D eigenvalue weighted by molar-refractivity contribution is 5.63. The average Bonchev–Trinajstić information content (AvgIpc) is 2.63. The maximum Gasteiger partial charge on any atom is 0.123 e. The molecule has 3 heteroatoms. The molecule has 0 radical (unpaired) electrons. The van der Waals surface area contributed by atoms with Crippen molar-refractivity contribution in [3.63, 3.8) is 0 Å². The quantitative estimate of drug-likeness (QED) is 0.794. The van der Waals surface area contributed by atoms with Crippen LogP contribution in [0.5, 0.6) is 0 Å². The first kappa shape index (κ1) is 16.4. The molecule has 0 aliphatic heterocycles. The van der Waals surface area contributed by atoms with E-state index < -0.39 is 0 Å². The van der Waals surface area contributed by atoms with E-state index >= 15 is 0 Å². The molecule has 0 bridgehead atoms. The molecule has 3 N–H and O–H groups in total. The molecule has 0 fully saturated rings. The van der Waals surface area contributed by atoms with Crippen molar-refractivity contribution >= 4 is 0 Å². The number of hydrogen-bond donors (Lipinski definition) is 2. The molecule has 0 spiro atoms. The van der Waals surface area contributed by atoms with Crippen molar-refractivity contribution in [2.24, 2.45) is 11.7 Å². The maximum absolute atomic E-state index is 13.0. The van der Waals surface area contributed by atoms with Gasteiger partial charge in [-0.05, 0) is 46.5 Å². The van der Waals surface area contributed by atoms with Crippen LogP contribution in [0.2, 0.25) is 0 Å². The molecule has 2 aromatic rings. The molecule has 122 valence electrons. The summed E-state index contributed by atoms with van der Waals surface area (Å²) >= 11 is 0. The summed E-state index contributed by atoms with van der Waals surface area (Å²) in [7, 11) is 0. The Hall–Kier alpha value is -2.45. The maximum atomic E-state index is 13.0. The Bertz CT molecular complexity index is 766. The SMILES string of the molecule is NCC1=CC(CNCc2ccc(-c3ccc(F)cc3)cc2)C=C=C1. The lowest BCUT2D eigenvalue weighted by molar-refractivity contribution is 0.626. The van der Waals surface area contributed by atoms with Crippen LogP contribution >= 0.6 is 0 Å². The van der Waals surface area contributed by atoms with Gasteiger partial charge in [0.05, 0.1) is 0 Å². The zero-order chi connectivity index (χ0) is 16.8. The van der Waals surface area contributed by atoms with Crippen molar-refractivity contribution in [2.75, 3.05) is 13.1 Å². The average molecular weight is 320 g/mol. The van der Waals surface area contributed by atoms with Crippen molar-refractivity contribution in [2.45, 2.75) is 6.54 Å². The predicted molar refractivity (Wildman–Crippen MR) is 96.8 cm³/mol. The van der Waals surface area contributed by atoms with Gasteiger partial charge in [-0.25, -0.2) is 4.39 Å². The van der Waals surface area contributed by atoms with E-state index in [9.17, 15) is 4.39 Å². The smallest absolute Gasteiger partial charge is 0.123 e. The van der Waals surface area contributed by atoms with Crippen molar-refractivity contribution in [1.82, 2.24) is 5.32 Å². The van der Waals surface area contributed by atoms with Crippen LogP contribution in [-0.4, -0.2) is 13.1 Å². The van der Waals surface area contributed by atoms with Gasteiger partial charge in [0, 0.05) is 25.6 Å².